The number of rotatable bonds is 5. The Kier molecular flexibility index (Phi) is 7.23. The van der Waals surface area contributed by atoms with Crippen LogP contribution in [0.4, 0.5) is 0 Å². The molecule has 0 saturated carbocycles. The van der Waals surface area contributed by atoms with Crippen LogP contribution in [0.5, 0.6) is 0 Å². The lowest BCUT2D eigenvalue weighted by Crippen LogP contribution is -2.68. The average Bonchev–Trinajstić information content (AvgIpc) is 3.32. The fraction of sp³-hybridized carbons (Fsp3) is 0.256. The molecule has 0 aliphatic carbocycles. The van der Waals surface area contributed by atoms with Gasteiger partial charge in [-0.2, -0.15) is 0 Å². The topological polar surface area (TPSA) is 12.9 Å². The number of pyridine rings is 1. The van der Waals surface area contributed by atoms with Gasteiger partial charge in [-0.1, -0.05) is 126 Å². The maximum absolute atomic E-state index is 5.09. The first-order valence-corrected chi connectivity index (χ1v) is 18.0. The van der Waals surface area contributed by atoms with Crippen molar-refractivity contribution in [3.8, 4) is 11.3 Å². The molecule has 0 spiro atoms. The summed E-state index contributed by atoms with van der Waals surface area (Å²) in [6, 6.07) is 39.6. The Labute approximate surface area is 256 Å². The zero-order chi connectivity index (χ0) is 29.7. The van der Waals surface area contributed by atoms with E-state index < -0.39 is 8.07 Å². The highest BCUT2D eigenvalue weighted by atomic mass is 32.1. The van der Waals surface area contributed by atoms with Crippen molar-refractivity contribution in [2.75, 3.05) is 0 Å². The molecule has 0 amide bonds. The first-order valence-electron chi connectivity index (χ1n) is 15.0. The van der Waals surface area contributed by atoms with Gasteiger partial charge in [-0.3, -0.25) is 4.98 Å². The average molecular weight is 584 g/mol. The molecular formula is C39H41NSSi. The van der Waals surface area contributed by atoms with Gasteiger partial charge < -0.3 is 0 Å². The molecule has 0 atom stereocenters. The van der Waals surface area contributed by atoms with Crippen molar-refractivity contribution in [2.24, 2.45) is 5.41 Å². The highest BCUT2D eigenvalue weighted by molar-refractivity contribution is 7.37. The van der Waals surface area contributed by atoms with Crippen molar-refractivity contribution in [3.05, 3.63) is 120 Å². The van der Waals surface area contributed by atoms with Crippen LogP contribution in [0.1, 0.15) is 52.7 Å². The van der Waals surface area contributed by atoms with E-state index in [0.717, 1.165) is 11.7 Å². The van der Waals surface area contributed by atoms with E-state index in [1.807, 2.05) is 17.5 Å². The number of benzene rings is 4. The molecule has 0 radical (unpaired) electrons. The summed E-state index contributed by atoms with van der Waals surface area (Å²) in [4.78, 5) is 5.09. The summed E-state index contributed by atoms with van der Waals surface area (Å²) >= 11 is 2.00. The number of fused-ring (bicyclic) bond motifs is 2. The monoisotopic (exact) mass is 583 g/mol. The molecule has 0 N–H and O–H groups in total. The minimum atomic E-state index is -2.40. The van der Waals surface area contributed by atoms with E-state index in [0.29, 0.717) is 0 Å². The quantitative estimate of drug-likeness (QED) is 0.184. The fourth-order valence-corrected chi connectivity index (χ4v) is 15.1. The summed E-state index contributed by atoms with van der Waals surface area (Å²) in [6.07, 6.45) is 2.02. The van der Waals surface area contributed by atoms with Gasteiger partial charge >= 0.3 is 0 Å². The minimum absolute atomic E-state index is 0.0232. The lowest BCUT2D eigenvalue weighted by molar-refractivity contribution is 0.464. The van der Waals surface area contributed by atoms with Gasteiger partial charge in [0.1, 0.15) is 0 Å². The molecule has 3 heteroatoms. The Hall–Kier alpha value is -3.53. The summed E-state index contributed by atoms with van der Waals surface area (Å²) < 4.78 is 2.86. The van der Waals surface area contributed by atoms with Gasteiger partial charge in [0.05, 0.1) is 10.4 Å². The van der Waals surface area contributed by atoms with Crippen molar-refractivity contribution in [1.29, 1.82) is 0 Å². The van der Waals surface area contributed by atoms with Crippen LogP contribution < -0.4 is 14.9 Å². The van der Waals surface area contributed by atoms with Crippen LogP contribution in [0.2, 0.25) is 6.04 Å². The molecule has 0 aliphatic heterocycles. The van der Waals surface area contributed by atoms with Crippen LogP contribution >= 0.6 is 11.3 Å². The summed E-state index contributed by atoms with van der Waals surface area (Å²) in [6.45, 7) is 16.5. The molecule has 0 fully saturated rings. The Morgan fingerprint density at radius 1 is 0.690 bits per heavy atom. The molecule has 6 aromatic rings. The summed E-state index contributed by atoms with van der Waals surface area (Å²) in [5.41, 5.74) is 5.27. The van der Waals surface area contributed by atoms with E-state index in [1.54, 1.807) is 4.50 Å². The molecule has 0 saturated heterocycles. The summed E-state index contributed by atoms with van der Waals surface area (Å²) in [5.74, 6) is 0. The van der Waals surface area contributed by atoms with E-state index in [9.17, 15) is 0 Å². The van der Waals surface area contributed by atoms with Gasteiger partial charge in [-0.25, -0.2) is 0 Å². The Balaban J connectivity index is 1.68. The second-order valence-electron chi connectivity index (χ2n) is 14.0. The van der Waals surface area contributed by atoms with Gasteiger partial charge in [0.25, 0.3) is 0 Å². The molecule has 0 bridgehead atoms. The molecule has 4 aromatic carbocycles. The molecule has 1 nitrogen and oxygen atoms in total. The van der Waals surface area contributed by atoms with Crippen molar-refractivity contribution in [2.45, 2.75) is 59.9 Å². The zero-order valence-electron chi connectivity index (χ0n) is 26.0. The van der Waals surface area contributed by atoms with Crippen molar-refractivity contribution >= 4 is 55.1 Å². The third-order valence-corrected chi connectivity index (χ3v) is 16.4. The lowest BCUT2D eigenvalue weighted by Gasteiger charge is -2.38. The van der Waals surface area contributed by atoms with Crippen LogP contribution in [-0.2, 0) is 5.41 Å². The normalized spacial score (nSPS) is 12.7. The minimum Gasteiger partial charge on any atom is -0.255 e. The number of nitrogens with zero attached hydrogens (tertiary/aromatic N) is 1. The lowest BCUT2D eigenvalue weighted by atomic mass is 9.82. The van der Waals surface area contributed by atoms with Crippen LogP contribution in [0.15, 0.2) is 109 Å². The van der Waals surface area contributed by atoms with Gasteiger partial charge in [0.2, 0.25) is 0 Å². The number of thiophene rings is 1. The van der Waals surface area contributed by atoms with Gasteiger partial charge in [-0.05, 0) is 79.7 Å². The van der Waals surface area contributed by atoms with Crippen LogP contribution in [0.3, 0.4) is 0 Å². The predicted molar refractivity (Wildman–Crippen MR) is 188 cm³/mol. The maximum atomic E-state index is 5.09. The highest BCUT2D eigenvalue weighted by Gasteiger charge is 2.45. The Bertz CT molecular complexity index is 1830. The molecule has 42 heavy (non-hydrogen) atoms. The smallest absolute Gasteiger partial charge is 0.161 e. The molecule has 212 valence electrons. The second-order valence-corrected chi connectivity index (χ2v) is 19.2. The van der Waals surface area contributed by atoms with Crippen molar-refractivity contribution in [1.82, 2.24) is 4.98 Å². The highest BCUT2D eigenvalue weighted by Crippen LogP contribution is 2.40. The first-order chi connectivity index (χ1) is 20.0. The third kappa shape index (κ3) is 5.03. The number of aryl methyl sites for hydroxylation is 1. The van der Waals surface area contributed by atoms with Gasteiger partial charge in [-0.15, -0.1) is 11.3 Å². The van der Waals surface area contributed by atoms with E-state index in [2.05, 4.69) is 152 Å². The zero-order valence-corrected chi connectivity index (χ0v) is 27.8. The molecule has 0 unspecified atom stereocenters. The van der Waals surface area contributed by atoms with Crippen LogP contribution in [0.25, 0.3) is 32.1 Å². The Morgan fingerprint density at radius 2 is 1.29 bits per heavy atom. The van der Waals surface area contributed by atoms with E-state index >= 15 is 0 Å². The van der Waals surface area contributed by atoms with E-state index in [4.69, 9.17) is 4.98 Å². The van der Waals surface area contributed by atoms with Crippen LogP contribution in [-0.4, -0.2) is 13.1 Å². The van der Waals surface area contributed by atoms with Crippen LogP contribution in [0, 0.1) is 12.3 Å². The SMILES string of the molecule is Cc1c([Si](CC(C)(C)C)(c2ccccc2)c2ccccc2)sc2c(-c3cc(C(C)(C)C)c4ccccc4c3)nccc12. The summed E-state index contributed by atoms with van der Waals surface area (Å²) in [5, 5.41) is 6.90. The molecule has 2 aromatic heterocycles. The molecule has 0 aliphatic rings. The maximum Gasteiger partial charge on any atom is 0.161 e. The predicted octanol–water partition coefficient (Wildman–Crippen LogP) is 9.24. The largest absolute Gasteiger partial charge is 0.255 e. The first kappa shape index (κ1) is 28.6. The van der Waals surface area contributed by atoms with Crippen molar-refractivity contribution < 1.29 is 0 Å². The molecule has 6 rings (SSSR count). The molecule has 2 heterocycles. The van der Waals surface area contributed by atoms with E-state index in [-0.39, 0.29) is 10.8 Å². The third-order valence-electron chi connectivity index (χ3n) is 8.51. The number of hydrogen-bond acceptors (Lipinski definition) is 2. The van der Waals surface area contributed by atoms with Crippen molar-refractivity contribution in [3.63, 3.8) is 0 Å². The fourth-order valence-electron chi connectivity index (χ4n) is 6.78. The Morgan fingerprint density at radius 3 is 1.88 bits per heavy atom. The standard InChI is InChI=1S/C39H41NSSi/c1-27-32-22-23-40-35(29-24-28-16-14-15-21-33(28)34(25-29)39(5,6)7)36(32)41-37(27)42(26-38(2,3)4,30-17-10-8-11-18-30)31-19-12-9-13-20-31/h8-25H,26H2,1-7H3. The number of aromatic nitrogens is 1. The molecular weight excluding hydrogens is 543 g/mol. The second kappa shape index (κ2) is 10.6. The van der Waals surface area contributed by atoms with Gasteiger partial charge in [0, 0.05) is 16.3 Å². The van der Waals surface area contributed by atoms with E-state index in [1.165, 1.54) is 47.9 Å². The summed E-state index contributed by atoms with van der Waals surface area (Å²) in [7, 11) is -2.40. The van der Waals surface area contributed by atoms with Gasteiger partial charge in [0.15, 0.2) is 8.07 Å². The number of hydrogen-bond donors (Lipinski definition) is 0.